The zero-order chi connectivity index (χ0) is 26.0. The van der Waals surface area contributed by atoms with E-state index in [1.54, 1.807) is 29.4 Å². The molecule has 1 amide bonds. The lowest BCUT2D eigenvalue weighted by Crippen LogP contribution is -2.30. The molecule has 4 nitrogen and oxygen atoms in total. The maximum atomic E-state index is 13.2. The van der Waals surface area contributed by atoms with Gasteiger partial charge in [-0.2, -0.15) is 0 Å². The molecule has 0 aliphatic rings. The Kier molecular flexibility index (Phi) is 13.3. The summed E-state index contributed by atoms with van der Waals surface area (Å²) in [5.41, 5.74) is 2.50. The number of unbranched alkanes of at least 4 members (excludes halogenated alkanes) is 11. The van der Waals surface area contributed by atoms with Gasteiger partial charge < -0.3 is 9.64 Å². The lowest BCUT2D eigenvalue weighted by atomic mass is 10.1. The van der Waals surface area contributed by atoms with Gasteiger partial charge in [0.05, 0.1) is 18.7 Å². The highest BCUT2D eigenvalue weighted by molar-refractivity contribution is 6.05. The van der Waals surface area contributed by atoms with Crippen molar-refractivity contribution in [3.8, 4) is 5.75 Å². The molecule has 4 heteroatoms. The van der Waals surface area contributed by atoms with E-state index in [1.807, 2.05) is 54.6 Å². The Balaban J connectivity index is 1.36. The number of rotatable bonds is 18. The van der Waals surface area contributed by atoms with Crippen LogP contribution in [0.1, 0.15) is 99.9 Å². The molecule has 37 heavy (non-hydrogen) atoms. The van der Waals surface area contributed by atoms with Crippen molar-refractivity contribution < 1.29 is 9.53 Å². The van der Waals surface area contributed by atoms with E-state index in [2.05, 4.69) is 11.9 Å². The lowest BCUT2D eigenvalue weighted by Gasteiger charge is -2.23. The van der Waals surface area contributed by atoms with Gasteiger partial charge in [-0.1, -0.05) is 108 Å². The van der Waals surface area contributed by atoms with E-state index < -0.39 is 0 Å². The summed E-state index contributed by atoms with van der Waals surface area (Å²) in [6, 6.07) is 21.5. The predicted molar refractivity (Wildman–Crippen MR) is 154 cm³/mol. The largest absolute Gasteiger partial charge is 0.494 e. The van der Waals surface area contributed by atoms with Gasteiger partial charge in [-0.25, -0.2) is 0 Å². The predicted octanol–water partition coefficient (Wildman–Crippen LogP) is 9.01. The molecule has 1 heterocycles. The van der Waals surface area contributed by atoms with E-state index in [4.69, 9.17) is 4.74 Å². The molecule has 0 aliphatic heterocycles. The number of nitrogens with zero attached hydrogens (tertiary/aromatic N) is 2. The first-order chi connectivity index (χ1) is 18.3. The SMILES string of the molecule is CCCCCCCCCCCCCCOc1ccc(CN(C(=O)c2cccnc2)c2ccccc2)cc1. The summed E-state index contributed by atoms with van der Waals surface area (Å²) < 4.78 is 5.97. The molecule has 0 unspecified atom stereocenters. The Bertz CT molecular complexity index is 990. The number of para-hydroxylation sites is 1. The fourth-order valence-electron chi connectivity index (χ4n) is 4.54. The normalized spacial score (nSPS) is 10.8. The van der Waals surface area contributed by atoms with Gasteiger partial charge in [0.2, 0.25) is 0 Å². The molecule has 0 spiro atoms. The highest BCUT2D eigenvalue weighted by atomic mass is 16.5. The van der Waals surface area contributed by atoms with Crippen LogP contribution in [0.5, 0.6) is 5.75 Å². The fraction of sp³-hybridized carbons (Fsp3) is 0.455. The van der Waals surface area contributed by atoms with Gasteiger partial charge in [-0.3, -0.25) is 9.78 Å². The summed E-state index contributed by atoms with van der Waals surface area (Å²) in [5.74, 6) is 0.822. The summed E-state index contributed by atoms with van der Waals surface area (Å²) in [6.07, 6.45) is 19.4. The van der Waals surface area contributed by atoms with Gasteiger partial charge in [0.25, 0.3) is 5.91 Å². The smallest absolute Gasteiger partial charge is 0.260 e. The lowest BCUT2D eigenvalue weighted by molar-refractivity contribution is 0.0985. The maximum Gasteiger partial charge on any atom is 0.260 e. The topological polar surface area (TPSA) is 42.4 Å². The Morgan fingerprint density at radius 1 is 0.730 bits per heavy atom. The van der Waals surface area contributed by atoms with Gasteiger partial charge in [-0.15, -0.1) is 0 Å². The minimum Gasteiger partial charge on any atom is -0.494 e. The van der Waals surface area contributed by atoms with Crippen LogP contribution in [0.15, 0.2) is 79.1 Å². The number of anilines is 1. The minimum atomic E-state index is -0.0633. The van der Waals surface area contributed by atoms with Crippen molar-refractivity contribution in [2.45, 2.75) is 90.5 Å². The van der Waals surface area contributed by atoms with Crippen LogP contribution in [-0.4, -0.2) is 17.5 Å². The van der Waals surface area contributed by atoms with Crippen molar-refractivity contribution in [2.75, 3.05) is 11.5 Å². The number of amides is 1. The second-order valence-corrected chi connectivity index (χ2v) is 9.85. The van der Waals surface area contributed by atoms with E-state index in [0.717, 1.165) is 30.0 Å². The molecular formula is C33H44N2O2. The molecule has 0 radical (unpaired) electrons. The molecule has 0 saturated heterocycles. The Labute approximate surface area is 224 Å². The van der Waals surface area contributed by atoms with Crippen molar-refractivity contribution in [1.82, 2.24) is 4.98 Å². The molecule has 3 rings (SSSR count). The zero-order valence-electron chi connectivity index (χ0n) is 22.6. The first-order valence-electron chi connectivity index (χ1n) is 14.3. The molecule has 3 aromatic rings. The van der Waals surface area contributed by atoms with Crippen LogP contribution in [0, 0.1) is 0 Å². The summed E-state index contributed by atoms with van der Waals surface area (Å²) in [6.45, 7) is 3.52. The molecule has 198 valence electrons. The number of carbonyl (C=O) groups is 1. The average molecular weight is 501 g/mol. The van der Waals surface area contributed by atoms with Crippen LogP contribution in [0.3, 0.4) is 0 Å². The molecule has 0 atom stereocenters. The maximum absolute atomic E-state index is 13.2. The van der Waals surface area contributed by atoms with Gasteiger partial charge in [0.15, 0.2) is 0 Å². The van der Waals surface area contributed by atoms with Crippen LogP contribution in [0.2, 0.25) is 0 Å². The second-order valence-electron chi connectivity index (χ2n) is 9.85. The number of aromatic nitrogens is 1. The van der Waals surface area contributed by atoms with Gasteiger partial charge >= 0.3 is 0 Å². The molecule has 0 fully saturated rings. The van der Waals surface area contributed by atoms with Crippen molar-refractivity contribution in [3.63, 3.8) is 0 Å². The molecular weight excluding hydrogens is 456 g/mol. The monoisotopic (exact) mass is 500 g/mol. The quantitative estimate of drug-likeness (QED) is 0.164. The Morgan fingerprint density at radius 2 is 1.35 bits per heavy atom. The first kappa shape index (κ1) is 28.4. The second kappa shape index (κ2) is 17.3. The zero-order valence-corrected chi connectivity index (χ0v) is 22.6. The third-order valence-electron chi connectivity index (χ3n) is 6.75. The number of hydrogen-bond acceptors (Lipinski definition) is 3. The molecule has 0 N–H and O–H groups in total. The van der Waals surface area contributed by atoms with Crippen LogP contribution < -0.4 is 9.64 Å². The number of benzene rings is 2. The third-order valence-corrected chi connectivity index (χ3v) is 6.75. The van der Waals surface area contributed by atoms with Crippen molar-refractivity contribution >= 4 is 11.6 Å². The number of carbonyl (C=O) groups excluding carboxylic acids is 1. The van der Waals surface area contributed by atoms with Crippen LogP contribution in [-0.2, 0) is 6.54 Å². The van der Waals surface area contributed by atoms with Crippen molar-refractivity contribution in [2.24, 2.45) is 0 Å². The number of hydrogen-bond donors (Lipinski definition) is 0. The van der Waals surface area contributed by atoms with Crippen LogP contribution in [0.25, 0.3) is 0 Å². The summed E-state index contributed by atoms with van der Waals surface area (Å²) in [4.78, 5) is 19.1. The molecule has 0 bridgehead atoms. The number of ether oxygens (including phenoxy) is 1. The van der Waals surface area contributed by atoms with Crippen LogP contribution >= 0.6 is 0 Å². The molecule has 0 aliphatic carbocycles. The van der Waals surface area contributed by atoms with Crippen molar-refractivity contribution in [3.05, 3.63) is 90.3 Å². The summed E-state index contributed by atoms with van der Waals surface area (Å²) in [5, 5.41) is 0. The van der Waals surface area contributed by atoms with Crippen molar-refractivity contribution in [1.29, 1.82) is 0 Å². The number of pyridine rings is 1. The van der Waals surface area contributed by atoms with Crippen LogP contribution in [0.4, 0.5) is 5.69 Å². The standard InChI is InChI=1S/C33H44N2O2/c1-2-3-4-5-6-7-8-9-10-11-12-16-26-37-32-23-21-29(22-24-32)28-35(31-19-14-13-15-20-31)33(36)30-18-17-25-34-27-30/h13-15,17-25,27H,2-12,16,26,28H2,1H3. The minimum absolute atomic E-state index is 0.0633. The highest BCUT2D eigenvalue weighted by Gasteiger charge is 2.18. The van der Waals surface area contributed by atoms with Gasteiger partial charge in [0, 0.05) is 18.1 Å². The van der Waals surface area contributed by atoms with E-state index in [0.29, 0.717) is 12.1 Å². The van der Waals surface area contributed by atoms with E-state index in [-0.39, 0.29) is 5.91 Å². The Morgan fingerprint density at radius 3 is 1.95 bits per heavy atom. The van der Waals surface area contributed by atoms with E-state index in [1.165, 1.54) is 70.6 Å². The summed E-state index contributed by atoms with van der Waals surface area (Å²) in [7, 11) is 0. The summed E-state index contributed by atoms with van der Waals surface area (Å²) >= 11 is 0. The van der Waals surface area contributed by atoms with Gasteiger partial charge in [-0.05, 0) is 48.4 Å². The highest BCUT2D eigenvalue weighted by Crippen LogP contribution is 2.21. The van der Waals surface area contributed by atoms with E-state index >= 15 is 0 Å². The Hall–Kier alpha value is -3.14. The molecule has 2 aromatic carbocycles. The average Bonchev–Trinajstić information content (AvgIpc) is 2.95. The first-order valence-corrected chi connectivity index (χ1v) is 14.3. The molecule has 0 saturated carbocycles. The molecule has 1 aromatic heterocycles. The fourth-order valence-corrected chi connectivity index (χ4v) is 4.54. The van der Waals surface area contributed by atoms with E-state index in [9.17, 15) is 4.79 Å². The van der Waals surface area contributed by atoms with Gasteiger partial charge in [0.1, 0.15) is 5.75 Å². The third kappa shape index (κ3) is 10.8.